The van der Waals surface area contributed by atoms with Crippen LogP contribution in [-0.4, -0.2) is 4.98 Å². The number of furan rings is 1. The number of hydrogen-bond donors (Lipinski definition) is 0. The summed E-state index contributed by atoms with van der Waals surface area (Å²) in [5, 5.41) is 2.19. The molecule has 0 bridgehead atoms. The van der Waals surface area contributed by atoms with Crippen molar-refractivity contribution in [3.63, 3.8) is 0 Å². The number of aromatic nitrogens is 1. The van der Waals surface area contributed by atoms with E-state index in [1.165, 1.54) is 33.4 Å². The van der Waals surface area contributed by atoms with Crippen LogP contribution >= 0.6 is 0 Å². The molecule has 234 valence electrons. The van der Waals surface area contributed by atoms with Gasteiger partial charge in [0.2, 0.25) is 0 Å². The summed E-state index contributed by atoms with van der Waals surface area (Å²) >= 11 is 0. The third-order valence-electron chi connectivity index (χ3n) is 10.3. The average molecular weight is 638 g/mol. The summed E-state index contributed by atoms with van der Waals surface area (Å²) in [6.07, 6.45) is 0. The molecule has 10 rings (SSSR count). The number of rotatable bonds is 5. The fourth-order valence-electron chi connectivity index (χ4n) is 8.10. The van der Waals surface area contributed by atoms with Crippen LogP contribution in [0.1, 0.15) is 22.3 Å². The Morgan fingerprint density at radius 2 is 0.920 bits per heavy atom. The quantitative estimate of drug-likeness (QED) is 0.188. The fraction of sp³-hybridized carbons (Fsp3) is 0.0208. The second-order valence-electron chi connectivity index (χ2n) is 13.1. The Morgan fingerprint density at radius 1 is 0.360 bits per heavy atom. The molecule has 0 unspecified atom stereocenters. The van der Waals surface area contributed by atoms with Crippen molar-refractivity contribution in [3.8, 4) is 44.8 Å². The molecule has 0 saturated heterocycles. The Bertz CT molecular complexity index is 2580. The van der Waals surface area contributed by atoms with E-state index < -0.39 is 5.41 Å². The van der Waals surface area contributed by atoms with Gasteiger partial charge in [0.15, 0.2) is 0 Å². The van der Waals surface area contributed by atoms with Crippen molar-refractivity contribution in [1.82, 2.24) is 4.98 Å². The third kappa shape index (κ3) is 4.32. The van der Waals surface area contributed by atoms with Crippen LogP contribution < -0.4 is 0 Å². The summed E-state index contributed by atoms with van der Waals surface area (Å²) in [6.45, 7) is 0. The summed E-state index contributed by atoms with van der Waals surface area (Å²) in [5.41, 5.74) is 15.1. The highest BCUT2D eigenvalue weighted by Crippen LogP contribution is 2.57. The van der Waals surface area contributed by atoms with Gasteiger partial charge in [-0.05, 0) is 87.0 Å². The molecule has 1 aliphatic carbocycles. The van der Waals surface area contributed by atoms with Crippen molar-refractivity contribution in [1.29, 1.82) is 0 Å². The van der Waals surface area contributed by atoms with Crippen molar-refractivity contribution in [2.75, 3.05) is 0 Å². The van der Waals surface area contributed by atoms with E-state index in [9.17, 15) is 0 Å². The van der Waals surface area contributed by atoms with Gasteiger partial charge in [-0.3, -0.25) is 0 Å². The molecule has 2 heterocycles. The van der Waals surface area contributed by atoms with Gasteiger partial charge in [-0.15, -0.1) is 0 Å². The van der Waals surface area contributed by atoms with Crippen LogP contribution in [0.2, 0.25) is 0 Å². The molecular weight excluding hydrogens is 607 g/mol. The molecule has 7 aromatic carbocycles. The van der Waals surface area contributed by atoms with E-state index in [1.807, 2.05) is 6.07 Å². The van der Waals surface area contributed by atoms with E-state index in [2.05, 4.69) is 182 Å². The summed E-state index contributed by atoms with van der Waals surface area (Å²) in [5.74, 6) is 0. The Balaban J connectivity index is 1.20. The second-order valence-corrected chi connectivity index (χ2v) is 13.1. The zero-order valence-corrected chi connectivity index (χ0v) is 27.3. The van der Waals surface area contributed by atoms with Crippen molar-refractivity contribution in [3.05, 3.63) is 210 Å². The highest BCUT2D eigenvalue weighted by Gasteiger charge is 2.46. The molecule has 0 spiro atoms. The number of hydrogen-bond acceptors (Lipinski definition) is 2. The van der Waals surface area contributed by atoms with Gasteiger partial charge in [0.1, 0.15) is 11.2 Å². The largest absolute Gasteiger partial charge is 0.456 e. The minimum Gasteiger partial charge on any atom is -0.456 e. The van der Waals surface area contributed by atoms with Gasteiger partial charge in [0, 0.05) is 21.9 Å². The van der Waals surface area contributed by atoms with E-state index in [-0.39, 0.29) is 0 Å². The van der Waals surface area contributed by atoms with Gasteiger partial charge in [0.05, 0.1) is 16.8 Å². The van der Waals surface area contributed by atoms with Crippen LogP contribution in [0.3, 0.4) is 0 Å². The predicted octanol–water partition coefficient (Wildman–Crippen LogP) is 12.3. The lowest BCUT2D eigenvalue weighted by atomic mass is 9.67. The van der Waals surface area contributed by atoms with E-state index in [0.29, 0.717) is 0 Å². The first-order valence-electron chi connectivity index (χ1n) is 17.1. The van der Waals surface area contributed by atoms with Gasteiger partial charge in [-0.2, -0.15) is 0 Å². The number of benzene rings is 7. The number of fused-ring (bicyclic) bond motifs is 6. The lowest BCUT2D eigenvalue weighted by Gasteiger charge is -2.33. The Morgan fingerprint density at radius 3 is 1.60 bits per heavy atom. The molecule has 0 aliphatic heterocycles. The maximum absolute atomic E-state index is 6.70. The van der Waals surface area contributed by atoms with Gasteiger partial charge in [-0.1, -0.05) is 146 Å². The lowest BCUT2D eigenvalue weighted by Crippen LogP contribution is -2.28. The first kappa shape index (κ1) is 28.5. The monoisotopic (exact) mass is 637 g/mol. The summed E-state index contributed by atoms with van der Waals surface area (Å²) in [6, 6.07) is 67.2. The van der Waals surface area contributed by atoms with Gasteiger partial charge >= 0.3 is 0 Å². The SMILES string of the molecule is c1ccc(-c2cc(-c3ccccc3)nc(-c3ccc4oc5cc6c(cc5c4c3)-c3ccccc3C6(c3ccccc3)c3ccccc3)c2)cc1. The maximum Gasteiger partial charge on any atom is 0.135 e. The van der Waals surface area contributed by atoms with Crippen molar-refractivity contribution >= 4 is 21.9 Å². The van der Waals surface area contributed by atoms with Crippen LogP contribution in [0.5, 0.6) is 0 Å². The molecule has 2 nitrogen and oxygen atoms in total. The van der Waals surface area contributed by atoms with Crippen molar-refractivity contribution < 1.29 is 4.42 Å². The Hall–Kier alpha value is -6.51. The molecule has 2 heteroatoms. The number of pyridine rings is 1. The van der Waals surface area contributed by atoms with E-state index in [4.69, 9.17) is 9.40 Å². The molecule has 0 fully saturated rings. The third-order valence-corrected chi connectivity index (χ3v) is 10.3. The van der Waals surface area contributed by atoms with Crippen LogP contribution in [0, 0.1) is 0 Å². The molecule has 0 saturated carbocycles. The standard InChI is InChI=1S/C48H31NO/c1-5-15-32(16-6-1)35-28-44(33-17-7-2-8-18-33)49-45(29-35)34-25-26-46-40(27-34)41-30-39-38-23-13-14-24-42(38)48(36-19-9-3-10-20-36,37-21-11-4-12-22-37)43(39)31-47(41)50-46/h1-31H. The molecule has 1 aliphatic rings. The van der Waals surface area contributed by atoms with Gasteiger partial charge in [-0.25, -0.2) is 4.98 Å². The van der Waals surface area contributed by atoms with Gasteiger partial charge in [0.25, 0.3) is 0 Å². The fourth-order valence-corrected chi connectivity index (χ4v) is 8.10. The lowest BCUT2D eigenvalue weighted by molar-refractivity contribution is 0.666. The van der Waals surface area contributed by atoms with E-state index in [1.54, 1.807) is 0 Å². The van der Waals surface area contributed by atoms with Crippen molar-refractivity contribution in [2.24, 2.45) is 0 Å². The molecule has 0 N–H and O–H groups in total. The molecule has 0 atom stereocenters. The van der Waals surface area contributed by atoms with Crippen LogP contribution in [0.15, 0.2) is 192 Å². The minimum atomic E-state index is -0.470. The van der Waals surface area contributed by atoms with E-state index in [0.717, 1.165) is 55.6 Å². The van der Waals surface area contributed by atoms with Crippen LogP contribution in [0.25, 0.3) is 66.7 Å². The maximum atomic E-state index is 6.70. The average Bonchev–Trinajstić information content (AvgIpc) is 3.70. The highest BCUT2D eigenvalue weighted by molar-refractivity contribution is 6.09. The molecule has 9 aromatic rings. The normalized spacial score (nSPS) is 13.0. The Kier molecular flexibility index (Phi) is 6.43. The molecule has 0 amide bonds. The highest BCUT2D eigenvalue weighted by atomic mass is 16.3. The zero-order valence-electron chi connectivity index (χ0n) is 27.3. The minimum absolute atomic E-state index is 0.470. The molecule has 0 radical (unpaired) electrons. The first-order chi connectivity index (χ1) is 24.8. The first-order valence-corrected chi connectivity index (χ1v) is 17.1. The topological polar surface area (TPSA) is 26.0 Å². The summed E-state index contributed by atoms with van der Waals surface area (Å²) < 4.78 is 6.70. The van der Waals surface area contributed by atoms with Gasteiger partial charge < -0.3 is 4.42 Å². The predicted molar refractivity (Wildman–Crippen MR) is 205 cm³/mol. The molecule has 50 heavy (non-hydrogen) atoms. The Labute approximate surface area is 291 Å². The van der Waals surface area contributed by atoms with E-state index >= 15 is 0 Å². The summed E-state index contributed by atoms with van der Waals surface area (Å²) in [4.78, 5) is 5.21. The van der Waals surface area contributed by atoms with Crippen molar-refractivity contribution in [2.45, 2.75) is 5.41 Å². The smallest absolute Gasteiger partial charge is 0.135 e. The zero-order chi connectivity index (χ0) is 33.1. The second kappa shape index (κ2) is 11.3. The van der Waals surface area contributed by atoms with Crippen LogP contribution in [-0.2, 0) is 5.41 Å². The number of nitrogens with zero attached hydrogens (tertiary/aromatic N) is 1. The molecule has 2 aromatic heterocycles. The van der Waals surface area contributed by atoms with Crippen LogP contribution in [0.4, 0.5) is 0 Å². The molecular formula is C48H31NO. The summed E-state index contributed by atoms with van der Waals surface area (Å²) in [7, 11) is 0.